The third-order valence-corrected chi connectivity index (χ3v) is 2.81. The molecule has 92 valence electrons. The van der Waals surface area contributed by atoms with E-state index in [0.717, 1.165) is 11.8 Å². The van der Waals surface area contributed by atoms with Crippen molar-refractivity contribution in [2.24, 2.45) is 16.5 Å². The van der Waals surface area contributed by atoms with E-state index in [4.69, 9.17) is 16.9 Å². The third-order valence-electron chi connectivity index (χ3n) is 1.94. The Labute approximate surface area is 100.0 Å². The summed E-state index contributed by atoms with van der Waals surface area (Å²) >= 11 is 1.04. The van der Waals surface area contributed by atoms with Gasteiger partial charge < -0.3 is 16.4 Å². The van der Waals surface area contributed by atoms with E-state index in [1.165, 1.54) is 0 Å². The largest absolute Gasteiger partial charge is 0.370 e. The second kappa shape index (κ2) is 7.10. The molecule has 16 heavy (non-hydrogen) atoms. The molecule has 1 amide bonds. The molecule has 6 nitrogen and oxygen atoms in total. The van der Waals surface area contributed by atoms with Crippen LogP contribution in [0.4, 0.5) is 0 Å². The molecule has 0 heterocycles. The Morgan fingerprint density at radius 3 is 2.31 bits per heavy atom. The fourth-order valence-electron chi connectivity index (χ4n) is 1.15. The SMILES string of the molecule is CCN(CC)C(=O)C(C)SC(=N)N=C(N)N. The van der Waals surface area contributed by atoms with Crippen molar-refractivity contribution in [1.82, 2.24) is 4.90 Å². The van der Waals surface area contributed by atoms with Gasteiger partial charge in [0.1, 0.15) is 0 Å². The van der Waals surface area contributed by atoms with Gasteiger partial charge in [-0.3, -0.25) is 10.2 Å². The molecule has 1 atom stereocenters. The van der Waals surface area contributed by atoms with Crippen LogP contribution in [0, 0.1) is 5.41 Å². The first kappa shape index (κ1) is 14.8. The van der Waals surface area contributed by atoms with E-state index in [1.54, 1.807) is 11.8 Å². The lowest BCUT2D eigenvalue weighted by Crippen LogP contribution is -2.36. The average Bonchev–Trinajstić information content (AvgIpc) is 2.17. The standard InChI is InChI=1S/C9H19N5OS/c1-4-14(5-2)7(15)6(3)16-9(12)13-8(10)11/h6H,4-5H2,1-3H3,(H5,10,11,12,13). The van der Waals surface area contributed by atoms with Crippen molar-refractivity contribution in [3.63, 3.8) is 0 Å². The van der Waals surface area contributed by atoms with Crippen LogP contribution >= 0.6 is 11.8 Å². The first-order valence-electron chi connectivity index (χ1n) is 5.05. The van der Waals surface area contributed by atoms with Crippen LogP contribution < -0.4 is 11.5 Å². The second-order valence-electron chi connectivity index (χ2n) is 3.11. The molecule has 0 aliphatic carbocycles. The van der Waals surface area contributed by atoms with Gasteiger partial charge in [-0.1, -0.05) is 11.8 Å². The van der Waals surface area contributed by atoms with E-state index < -0.39 is 0 Å². The van der Waals surface area contributed by atoms with Crippen molar-refractivity contribution in [2.75, 3.05) is 13.1 Å². The molecule has 0 aromatic carbocycles. The van der Waals surface area contributed by atoms with Gasteiger partial charge in [-0.05, 0) is 20.8 Å². The molecule has 0 spiro atoms. The summed E-state index contributed by atoms with van der Waals surface area (Å²) in [6.07, 6.45) is 0. The van der Waals surface area contributed by atoms with Gasteiger partial charge in [-0.2, -0.15) is 4.99 Å². The first-order valence-corrected chi connectivity index (χ1v) is 5.93. The molecule has 0 aromatic heterocycles. The van der Waals surface area contributed by atoms with Crippen LogP contribution in [-0.4, -0.2) is 40.3 Å². The first-order chi connectivity index (χ1) is 7.42. The summed E-state index contributed by atoms with van der Waals surface area (Å²) in [5.41, 5.74) is 10.3. The summed E-state index contributed by atoms with van der Waals surface area (Å²) in [6.45, 7) is 6.90. The lowest BCUT2D eigenvalue weighted by molar-refractivity contribution is -0.129. The zero-order chi connectivity index (χ0) is 12.7. The van der Waals surface area contributed by atoms with Crippen LogP contribution in [0.15, 0.2) is 4.99 Å². The molecule has 5 N–H and O–H groups in total. The predicted octanol–water partition coefficient (Wildman–Crippen LogP) is 0.185. The minimum atomic E-state index is -0.351. The predicted molar refractivity (Wildman–Crippen MR) is 68.5 cm³/mol. The Balaban J connectivity index is 4.35. The van der Waals surface area contributed by atoms with E-state index >= 15 is 0 Å². The second-order valence-corrected chi connectivity index (χ2v) is 4.44. The lowest BCUT2D eigenvalue weighted by atomic mass is 10.4. The van der Waals surface area contributed by atoms with Gasteiger partial charge in [0.2, 0.25) is 5.91 Å². The van der Waals surface area contributed by atoms with Gasteiger partial charge >= 0.3 is 0 Å². The fraction of sp³-hybridized carbons (Fsp3) is 0.667. The quantitative estimate of drug-likeness (QED) is 0.485. The Hall–Kier alpha value is -1.24. The minimum absolute atomic E-state index is 0.00876. The highest BCUT2D eigenvalue weighted by Gasteiger charge is 2.20. The maximum atomic E-state index is 11.8. The van der Waals surface area contributed by atoms with Gasteiger partial charge in [0.25, 0.3) is 0 Å². The topological polar surface area (TPSA) is 109 Å². The maximum Gasteiger partial charge on any atom is 0.235 e. The smallest absolute Gasteiger partial charge is 0.235 e. The molecule has 0 bridgehead atoms. The van der Waals surface area contributed by atoms with Crippen molar-refractivity contribution < 1.29 is 4.79 Å². The van der Waals surface area contributed by atoms with Crippen molar-refractivity contribution in [1.29, 1.82) is 5.41 Å². The number of rotatable bonds is 4. The van der Waals surface area contributed by atoms with Gasteiger partial charge in [0.15, 0.2) is 11.1 Å². The van der Waals surface area contributed by atoms with Crippen molar-refractivity contribution in [2.45, 2.75) is 26.0 Å². The zero-order valence-corrected chi connectivity index (χ0v) is 10.7. The number of carbonyl (C=O) groups is 1. The summed E-state index contributed by atoms with van der Waals surface area (Å²) < 4.78 is 0. The minimum Gasteiger partial charge on any atom is -0.370 e. The molecule has 0 saturated carbocycles. The third kappa shape index (κ3) is 5.01. The van der Waals surface area contributed by atoms with Crippen LogP contribution in [0.25, 0.3) is 0 Å². The molecule has 0 radical (unpaired) electrons. The van der Waals surface area contributed by atoms with Gasteiger partial charge in [-0.25, -0.2) is 0 Å². The molecule has 7 heteroatoms. The molecule has 0 aromatic rings. The molecule has 0 aliphatic rings. The molecule has 0 saturated heterocycles. The highest BCUT2D eigenvalue weighted by molar-refractivity contribution is 8.14. The number of aliphatic imine (C=N–C) groups is 1. The molecule has 0 rings (SSSR count). The van der Waals surface area contributed by atoms with Crippen molar-refractivity contribution in [3.8, 4) is 0 Å². The summed E-state index contributed by atoms with van der Waals surface area (Å²) in [4.78, 5) is 17.1. The van der Waals surface area contributed by atoms with E-state index in [2.05, 4.69) is 4.99 Å². The van der Waals surface area contributed by atoms with Crippen molar-refractivity contribution >= 4 is 28.8 Å². The highest BCUT2D eigenvalue weighted by atomic mass is 32.2. The summed E-state index contributed by atoms with van der Waals surface area (Å²) in [7, 11) is 0. The molecular weight excluding hydrogens is 226 g/mol. The van der Waals surface area contributed by atoms with E-state index in [0.29, 0.717) is 13.1 Å². The Morgan fingerprint density at radius 1 is 1.44 bits per heavy atom. The van der Waals surface area contributed by atoms with Gasteiger partial charge in [0, 0.05) is 13.1 Å². The Morgan fingerprint density at radius 2 is 1.94 bits per heavy atom. The summed E-state index contributed by atoms with van der Waals surface area (Å²) in [5, 5.41) is 7.04. The van der Waals surface area contributed by atoms with E-state index in [9.17, 15) is 4.79 Å². The van der Waals surface area contributed by atoms with Crippen LogP contribution in [-0.2, 0) is 4.79 Å². The number of amidine groups is 1. The number of carbonyl (C=O) groups excluding carboxylic acids is 1. The van der Waals surface area contributed by atoms with Crippen LogP contribution in [0.3, 0.4) is 0 Å². The average molecular weight is 245 g/mol. The lowest BCUT2D eigenvalue weighted by Gasteiger charge is -2.21. The van der Waals surface area contributed by atoms with Gasteiger partial charge in [-0.15, -0.1) is 0 Å². The number of nitrogens with zero attached hydrogens (tertiary/aromatic N) is 2. The number of nitrogens with one attached hydrogen (secondary N) is 1. The zero-order valence-electron chi connectivity index (χ0n) is 9.86. The monoisotopic (exact) mass is 245 g/mol. The molecule has 0 fully saturated rings. The maximum absolute atomic E-state index is 11.8. The number of amides is 1. The van der Waals surface area contributed by atoms with Gasteiger partial charge in [0.05, 0.1) is 5.25 Å². The Bertz CT molecular complexity index is 284. The fourth-order valence-corrected chi connectivity index (χ4v) is 1.90. The molecular formula is C9H19N5OS. The number of nitrogens with two attached hydrogens (primary N) is 2. The summed E-state index contributed by atoms with van der Waals surface area (Å²) in [5.74, 6) is -0.175. The number of hydrogen-bond acceptors (Lipinski definition) is 3. The van der Waals surface area contributed by atoms with Crippen LogP contribution in [0.2, 0.25) is 0 Å². The molecule has 0 aliphatic heterocycles. The number of thioether (sulfide) groups is 1. The number of guanidine groups is 1. The molecule has 1 unspecified atom stereocenters. The van der Waals surface area contributed by atoms with E-state index in [1.807, 2.05) is 13.8 Å². The normalized spacial score (nSPS) is 11.7. The van der Waals surface area contributed by atoms with Crippen LogP contribution in [0.1, 0.15) is 20.8 Å². The van der Waals surface area contributed by atoms with Crippen LogP contribution in [0.5, 0.6) is 0 Å². The highest BCUT2D eigenvalue weighted by Crippen LogP contribution is 2.15. The van der Waals surface area contributed by atoms with E-state index in [-0.39, 0.29) is 22.3 Å². The summed E-state index contributed by atoms with van der Waals surface area (Å²) in [6, 6.07) is 0. The van der Waals surface area contributed by atoms with Crippen molar-refractivity contribution in [3.05, 3.63) is 0 Å². The number of hydrogen-bond donors (Lipinski definition) is 3. The Kier molecular flexibility index (Phi) is 6.55.